The number of nitrogens with one attached hydrogen (secondary N) is 1. The fourth-order valence-electron chi connectivity index (χ4n) is 1.51. The molecule has 0 aliphatic rings. The highest BCUT2D eigenvalue weighted by molar-refractivity contribution is 4.93. The Bertz CT molecular complexity index is 358. The van der Waals surface area contributed by atoms with Crippen molar-refractivity contribution in [2.24, 2.45) is 0 Å². The molecule has 4 nitrogen and oxygen atoms in total. The minimum absolute atomic E-state index is 0.0790. The second-order valence-corrected chi connectivity index (χ2v) is 6.60. The van der Waals surface area contributed by atoms with E-state index in [0.717, 1.165) is 18.9 Å². The van der Waals surface area contributed by atoms with Crippen LogP contribution in [0.4, 0.5) is 0 Å². The molecule has 0 unspecified atom stereocenters. The Balaban J connectivity index is 2.45. The average molecular weight is 253 g/mol. The SMILES string of the molecule is CC(C)(C)NCc1nccn1CCOC(C)(C)C. The van der Waals surface area contributed by atoms with Crippen molar-refractivity contribution in [2.45, 2.75) is 65.8 Å². The first-order valence-corrected chi connectivity index (χ1v) is 6.56. The second kappa shape index (κ2) is 5.85. The molecule has 1 N–H and O–H groups in total. The summed E-state index contributed by atoms with van der Waals surface area (Å²) in [6.45, 7) is 15.0. The predicted octanol–water partition coefficient (Wildman–Crippen LogP) is 2.59. The molecule has 0 saturated heterocycles. The molecule has 0 radical (unpaired) electrons. The fourth-order valence-corrected chi connectivity index (χ4v) is 1.51. The molecule has 1 aromatic heterocycles. The van der Waals surface area contributed by atoms with Gasteiger partial charge in [0.1, 0.15) is 5.82 Å². The zero-order chi connectivity index (χ0) is 13.8. The summed E-state index contributed by atoms with van der Waals surface area (Å²) in [5, 5.41) is 3.45. The van der Waals surface area contributed by atoms with Crippen LogP contribution in [0, 0.1) is 0 Å². The molecule has 0 spiro atoms. The maximum atomic E-state index is 5.73. The van der Waals surface area contributed by atoms with Crippen molar-refractivity contribution in [3.8, 4) is 0 Å². The number of imidazole rings is 1. The minimum Gasteiger partial charge on any atom is -0.374 e. The van der Waals surface area contributed by atoms with E-state index in [0.29, 0.717) is 6.61 Å². The lowest BCUT2D eigenvalue weighted by Crippen LogP contribution is -2.36. The molecule has 0 saturated carbocycles. The van der Waals surface area contributed by atoms with Gasteiger partial charge >= 0.3 is 0 Å². The summed E-state index contributed by atoms with van der Waals surface area (Å²) in [7, 11) is 0. The lowest BCUT2D eigenvalue weighted by molar-refractivity contribution is -0.00710. The van der Waals surface area contributed by atoms with Crippen molar-refractivity contribution in [2.75, 3.05) is 6.61 Å². The first-order chi connectivity index (χ1) is 8.17. The van der Waals surface area contributed by atoms with Crippen molar-refractivity contribution in [1.29, 1.82) is 0 Å². The Hall–Kier alpha value is -0.870. The van der Waals surface area contributed by atoms with Crippen LogP contribution in [0.5, 0.6) is 0 Å². The Morgan fingerprint density at radius 1 is 1.22 bits per heavy atom. The van der Waals surface area contributed by atoms with Gasteiger partial charge in [0, 0.05) is 24.5 Å². The van der Waals surface area contributed by atoms with Crippen molar-refractivity contribution >= 4 is 0 Å². The van der Waals surface area contributed by atoms with Crippen LogP contribution in [-0.4, -0.2) is 27.3 Å². The Morgan fingerprint density at radius 3 is 2.44 bits per heavy atom. The van der Waals surface area contributed by atoms with Crippen LogP contribution >= 0.6 is 0 Å². The molecule has 1 aromatic rings. The van der Waals surface area contributed by atoms with Crippen LogP contribution in [0.15, 0.2) is 12.4 Å². The van der Waals surface area contributed by atoms with Gasteiger partial charge in [0.2, 0.25) is 0 Å². The number of hydrogen-bond donors (Lipinski definition) is 1. The molecule has 0 aliphatic heterocycles. The van der Waals surface area contributed by atoms with E-state index < -0.39 is 0 Å². The first-order valence-electron chi connectivity index (χ1n) is 6.56. The Morgan fingerprint density at radius 2 is 1.89 bits per heavy atom. The lowest BCUT2D eigenvalue weighted by atomic mass is 10.1. The van der Waals surface area contributed by atoms with Crippen LogP contribution in [0.2, 0.25) is 0 Å². The molecule has 0 bridgehead atoms. The van der Waals surface area contributed by atoms with Crippen LogP contribution in [0.25, 0.3) is 0 Å². The van der Waals surface area contributed by atoms with Crippen molar-refractivity contribution < 1.29 is 4.74 Å². The largest absolute Gasteiger partial charge is 0.374 e. The summed E-state index contributed by atoms with van der Waals surface area (Å²) >= 11 is 0. The zero-order valence-electron chi connectivity index (χ0n) is 12.6. The number of rotatable bonds is 5. The molecule has 0 atom stereocenters. The van der Waals surface area contributed by atoms with Gasteiger partial charge in [0.25, 0.3) is 0 Å². The summed E-state index contributed by atoms with van der Waals surface area (Å²) in [5.74, 6) is 1.06. The molecule has 0 amide bonds. The molecule has 4 heteroatoms. The van der Waals surface area contributed by atoms with Crippen molar-refractivity contribution in [3.05, 3.63) is 18.2 Å². The number of aromatic nitrogens is 2. The Labute approximate surface area is 111 Å². The molecular weight excluding hydrogens is 226 g/mol. The highest BCUT2D eigenvalue weighted by Crippen LogP contribution is 2.08. The van der Waals surface area contributed by atoms with Gasteiger partial charge in [-0.3, -0.25) is 0 Å². The quantitative estimate of drug-likeness (QED) is 0.876. The van der Waals surface area contributed by atoms with E-state index in [1.54, 1.807) is 0 Å². The van der Waals surface area contributed by atoms with E-state index >= 15 is 0 Å². The smallest absolute Gasteiger partial charge is 0.122 e. The highest BCUT2D eigenvalue weighted by Gasteiger charge is 2.12. The van der Waals surface area contributed by atoms with Crippen molar-refractivity contribution in [3.63, 3.8) is 0 Å². The Kier molecular flexibility index (Phi) is 4.93. The summed E-state index contributed by atoms with van der Waals surface area (Å²) < 4.78 is 7.88. The van der Waals surface area contributed by atoms with Gasteiger partial charge in [0.05, 0.1) is 18.8 Å². The molecule has 0 aromatic carbocycles. The highest BCUT2D eigenvalue weighted by atomic mass is 16.5. The van der Waals surface area contributed by atoms with Gasteiger partial charge in [-0.2, -0.15) is 0 Å². The third-order valence-corrected chi connectivity index (χ3v) is 2.45. The van der Waals surface area contributed by atoms with Gasteiger partial charge in [0.15, 0.2) is 0 Å². The zero-order valence-corrected chi connectivity index (χ0v) is 12.6. The summed E-state index contributed by atoms with van der Waals surface area (Å²) in [6, 6.07) is 0. The molecular formula is C14H27N3O. The molecule has 0 aliphatic carbocycles. The van der Waals surface area contributed by atoms with Crippen LogP contribution in [-0.2, 0) is 17.8 Å². The summed E-state index contributed by atoms with van der Waals surface area (Å²) in [6.07, 6.45) is 3.85. The van der Waals surface area contributed by atoms with E-state index in [2.05, 4.69) is 56.4 Å². The van der Waals surface area contributed by atoms with Gasteiger partial charge in [-0.1, -0.05) is 0 Å². The van der Waals surface area contributed by atoms with Gasteiger partial charge < -0.3 is 14.6 Å². The number of nitrogens with zero attached hydrogens (tertiary/aromatic N) is 2. The van der Waals surface area contributed by atoms with Crippen LogP contribution < -0.4 is 5.32 Å². The third-order valence-electron chi connectivity index (χ3n) is 2.45. The van der Waals surface area contributed by atoms with Gasteiger partial charge in [-0.05, 0) is 41.5 Å². The molecule has 18 heavy (non-hydrogen) atoms. The minimum atomic E-state index is -0.0790. The maximum Gasteiger partial charge on any atom is 0.122 e. The van der Waals surface area contributed by atoms with E-state index in [1.165, 1.54) is 0 Å². The topological polar surface area (TPSA) is 39.1 Å². The number of ether oxygens (including phenoxy) is 1. The third kappa shape index (κ3) is 6.17. The van der Waals surface area contributed by atoms with Gasteiger partial charge in [-0.25, -0.2) is 4.98 Å². The van der Waals surface area contributed by atoms with E-state index in [-0.39, 0.29) is 11.1 Å². The molecule has 1 rings (SSSR count). The first kappa shape index (κ1) is 15.2. The maximum absolute atomic E-state index is 5.73. The van der Waals surface area contributed by atoms with Gasteiger partial charge in [-0.15, -0.1) is 0 Å². The fraction of sp³-hybridized carbons (Fsp3) is 0.786. The average Bonchev–Trinajstić information content (AvgIpc) is 2.59. The lowest BCUT2D eigenvalue weighted by Gasteiger charge is -2.22. The summed E-state index contributed by atoms with van der Waals surface area (Å²) in [4.78, 5) is 4.38. The van der Waals surface area contributed by atoms with E-state index in [1.807, 2.05) is 12.4 Å². The number of hydrogen-bond acceptors (Lipinski definition) is 3. The summed E-state index contributed by atoms with van der Waals surface area (Å²) in [5.41, 5.74) is 0.0308. The molecule has 0 fully saturated rings. The standard InChI is InChI=1S/C14H27N3O/c1-13(2,3)16-11-12-15-7-8-17(12)9-10-18-14(4,5)6/h7-8,16H,9-11H2,1-6H3. The molecule has 104 valence electrons. The van der Waals surface area contributed by atoms with Crippen LogP contribution in [0.1, 0.15) is 47.4 Å². The predicted molar refractivity (Wildman–Crippen MR) is 74.5 cm³/mol. The van der Waals surface area contributed by atoms with Crippen LogP contribution in [0.3, 0.4) is 0 Å². The van der Waals surface area contributed by atoms with E-state index in [4.69, 9.17) is 4.74 Å². The molecule has 1 heterocycles. The second-order valence-electron chi connectivity index (χ2n) is 6.60. The monoisotopic (exact) mass is 253 g/mol. The normalized spacial score (nSPS) is 13.0. The van der Waals surface area contributed by atoms with E-state index in [9.17, 15) is 0 Å². The van der Waals surface area contributed by atoms with Crippen molar-refractivity contribution in [1.82, 2.24) is 14.9 Å².